The normalized spacial score (nSPS) is 14.8. The third kappa shape index (κ3) is 2.73. The lowest BCUT2D eigenvalue weighted by Crippen LogP contribution is -2.35. The summed E-state index contributed by atoms with van der Waals surface area (Å²) in [5.74, 6) is 0.690. The molecule has 0 aliphatic carbocycles. The summed E-state index contributed by atoms with van der Waals surface area (Å²) in [7, 11) is 0. The molecule has 0 unspecified atom stereocenters. The van der Waals surface area contributed by atoms with Crippen LogP contribution in [0.5, 0.6) is 0 Å². The van der Waals surface area contributed by atoms with Crippen molar-refractivity contribution in [3.05, 3.63) is 63.6 Å². The van der Waals surface area contributed by atoms with Crippen molar-refractivity contribution in [1.82, 2.24) is 24.8 Å². The van der Waals surface area contributed by atoms with Gasteiger partial charge in [0.25, 0.3) is 5.56 Å². The average molecular weight is 307 g/mol. The van der Waals surface area contributed by atoms with Gasteiger partial charge in [-0.2, -0.15) is 0 Å². The van der Waals surface area contributed by atoms with Crippen LogP contribution in [0.4, 0.5) is 0 Å². The molecule has 0 fully saturated rings. The number of aromatic nitrogens is 4. The van der Waals surface area contributed by atoms with Crippen molar-refractivity contribution in [3.8, 4) is 0 Å². The van der Waals surface area contributed by atoms with Crippen LogP contribution in [0.15, 0.2) is 35.4 Å². The van der Waals surface area contributed by atoms with E-state index in [-0.39, 0.29) is 5.56 Å². The highest BCUT2D eigenvalue weighted by Crippen LogP contribution is 2.18. The van der Waals surface area contributed by atoms with Gasteiger partial charge in [0.05, 0.1) is 22.3 Å². The van der Waals surface area contributed by atoms with Gasteiger partial charge in [0.2, 0.25) is 0 Å². The van der Waals surface area contributed by atoms with Crippen molar-refractivity contribution in [2.45, 2.75) is 26.4 Å². The number of nitrogens with one attached hydrogen (secondary N) is 1. The SMILES string of the molecule is Cc1nc2c(c(=O)[nH]1)CN(Cc1ccc3nccnc3c1)CC2. The van der Waals surface area contributed by atoms with E-state index in [2.05, 4.69) is 37.0 Å². The molecule has 0 saturated heterocycles. The van der Waals surface area contributed by atoms with Gasteiger partial charge < -0.3 is 4.98 Å². The molecule has 0 amide bonds. The van der Waals surface area contributed by atoms with Crippen LogP contribution in [-0.4, -0.2) is 31.4 Å². The molecule has 0 bridgehead atoms. The number of aromatic amines is 1. The molecule has 0 radical (unpaired) electrons. The van der Waals surface area contributed by atoms with Gasteiger partial charge in [0.1, 0.15) is 5.82 Å². The highest BCUT2D eigenvalue weighted by molar-refractivity contribution is 5.74. The van der Waals surface area contributed by atoms with Crippen molar-refractivity contribution in [2.24, 2.45) is 0 Å². The Morgan fingerprint density at radius 1 is 1.22 bits per heavy atom. The topological polar surface area (TPSA) is 74.8 Å². The predicted molar refractivity (Wildman–Crippen MR) is 87.0 cm³/mol. The Hall–Kier alpha value is -2.60. The summed E-state index contributed by atoms with van der Waals surface area (Å²) >= 11 is 0. The van der Waals surface area contributed by atoms with Crippen LogP contribution in [0.25, 0.3) is 11.0 Å². The van der Waals surface area contributed by atoms with Gasteiger partial charge >= 0.3 is 0 Å². The maximum absolute atomic E-state index is 12.1. The van der Waals surface area contributed by atoms with Gasteiger partial charge in [-0.1, -0.05) is 6.07 Å². The molecule has 0 spiro atoms. The van der Waals surface area contributed by atoms with Crippen LogP contribution >= 0.6 is 0 Å². The van der Waals surface area contributed by atoms with E-state index >= 15 is 0 Å². The number of nitrogens with zero attached hydrogens (tertiary/aromatic N) is 4. The van der Waals surface area contributed by atoms with Crippen LogP contribution in [0.2, 0.25) is 0 Å². The monoisotopic (exact) mass is 307 g/mol. The molecule has 3 aromatic rings. The Kier molecular flexibility index (Phi) is 3.38. The first kappa shape index (κ1) is 14.0. The zero-order chi connectivity index (χ0) is 15.8. The fourth-order valence-corrected chi connectivity index (χ4v) is 3.11. The Balaban J connectivity index is 1.58. The number of rotatable bonds is 2. The molecule has 1 N–H and O–H groups in total. The second kappa shape index (κ2) is 5.55. The first-order valence-electron chi connectivity index (χ1n) is 7.70. The molecule has 3 heterocycles. The maximum atomic E-state index is 12.1. The van der Waals surface area contributed by atoms with Gasteiger partial charge in [-0.25, -0.2) is 4.98 Å². The number of hydrogen-bond acceptors (Lipinski definition) is 5. The summed E-state index contributed by atoms with van der Waals surface area (Å²) in [6.07, 6.45) is 4.22. The van der Waals surface area contributed by atoms with E-state index in [9.17, 15) is 4.79 Å². The van der Waals surface area contributed by atoms with Crippen LogP contribution in [0.3, 0.4) is 0 Å². The van der Waals surface area contributed by atoms with Crippen molar-refractivity contribution in [3.63, 3.8) is 0 Å². The van der Waals surface area contributed by atoms with E-state index in [1.807, 2.05) is 13.0 Å². The van der Waals surface area contributed by atoms with Gasteiger partial charge in [-0.05, 0) is 24.6 Å². The fraction of sp³-hybridized carbons (Fsp3) is 0.294. The Morgan fingerprint density at radius 3 is 2.91 bits per heavy atom. The average Bonchev–Trinajstić information content (AvgIpc) is 2.55. The lowest BCUT2D eigenvalue weighted by atomic mass is 10.1. The molecule has 6 heteroatoms. The molecular formula is C17H17N5O. The first-order chi connectivity index (χ1) is 11.2. The van der Waals surface area contributed by atoms with E-state index in [4.69, 9.17) is 0 Å². The van der Waals surface area contributed by atoms with E-state index in [1.165, 1.54) is 5.56 Å². The lowest BCUT2D eigenvalue weighted by Gasteiger charge is -2.27. The van der Waals surface area contributed by atoms with Crippen molar-refractivity contribution >= 4 is 11.0 Å². The fourth-order valence-electron chi connectivity index (χ4n) is 3.11. The van der Waals surface area contributed by atoms with Crippen LogP contribution in [-0.2, 0) is 19.5 Å². The molecule has 1 aromatic carbocycles. The highest BCUT2D eigenvalue weighted by Gasteiger charge is 2.20. The molecule has 23 heavy (non-hydrogen) atoms. The third-order valence-corrected chi connectivity index (χ3v) is 4.21. The predicted octanol–water partition coefficient (Wildman–Crippen LogP) is 1.58. The molecule has 4 rings (SSSR count). The summed E-state index contributed by atoms with van der Waals surface area (Å²) in [5.41, 5.74) is 4.70. The Bertz CT molecular complexity index is 934. The molecule has 116 valence electrons. The number of benzene rings is 1. The first-order valence-corrected chi connectivity index (χ1v) is 7.70. The standard InChI is InChI=1S/C17H17N5O/c1-11-20-14-4-7-22(10-13(14)17(23)21-11)9-12-2-3-15-16(8-12)19-6-5-18-15/h2-3,5-6,8H,4,7,9-10H2,1H3,(H,20,21,23). The van der Waals surface area contributed by atoms with Crippen molar-refractivity contribution in [2.75, 3.05) is 6.54 Å². The Morgan fingerprint density at radius 2 is 2.04 bits per heavy atom. The van der Waals surface area contributed by atoms with E-state index in [0.29, 0.717) is 12.4 Å². The molecule has 6 nitrogen and oxygen atoms in total. The summed E-state index contributed by atoms with van der Waals surface area (Å²) in [4.78, 5) is 30.3. The Labute approximate surface area is 133 Å². The summed E-state index contributed by atoms with van der Waals surface area (Å²) in [5, 5.41) is 0. The second-order valence-corrected chi connectivity index (χ2v) is 5.92. The molecule has 0 atom stereocenters. The molecular weight excluding hydrogens is 290 g/mol. The quantitative estimate of drug-likeness (QED) is 0.778. The highest BCUT2D eigenvalue weighted by atomic mass is 16.1. The molecule has 1 aliphatic heterocycles. The van der Waals surface area contributed by atoms with Crippen LogP contribution < -0.4 is 5.56 Å². The lowest BCUT2D eigenvalue weighted by molar-refractivity contribution is 0.241. The maximum Gasteiger partial charge on any atom is 0.255 e. The smallest absolute Gasteiger partial charge is 0.255 e. The molecule has 2 aromatic heterocycles. The minimum Gasteiger partial charge on any atom is -0.310 e. The zero-order valence-corrected chi connectivity index (χ0v) is 12.9. The number of hydrogen-bond donors (Lipinski definition) is 1. The van der Waals surface area contributed by atoms with E-state index in [1.54, 1.807) is 12.4 Å². The van der Waals surface area contributed by atoms with Crippen molar-refractivity contribution < 1.29 is 0 Å². The summed E-state index contributed by atoms with van der Waals surface area (Å²) < 4.78 is 0. The van der Waals surface area contributed by atoms with Crippen LogP contribution in [0, 0.1) is 6.92 Å². The number of fused-ring (bicyclic) bond motifs is 2. The largest absolute Gasteiger partial charge is 0.310 e. The third-order valence-electron chi connectivity index (χ3n) is 4.21. The second-order valence-electron chi connectivity index (χ2n) is 5.92. The van der Waals surface area contributed by atoms with Gasteiger partial charge in [-0.15, -0.1) is 0 Å². The number of H-pyrrole nitrogens is 1. The van der Waals surface area contributed by atoms with E-state index < -0.39 is 0 Å². The minimum atomic E-state index is -0.0124. The van der Waals surface area contributed by atoms with Gasteiger partial charge in [-0.3, -0.25) is 19.7 Å². The van der Waals surface area contributed by atoms with E-state index in [0.717, 1.165) is 41.8 Å². The van der Waals surface area contributed by atoms with Gasteiger partial charge in [0, 0.05) is 38.4 Å². The zero-order valence-electron chi connectivity index (χ0n) is 12.9. The number of aryl methyl sites for hydroxylation is 1. The summed E-state index contributed by atoms with van der Waals surface area (Å²) in [6, 6.07) is 6.13. The summed E-state index contributed by atoms with van der Waals surface area (Å²) in [6.45, 7) is 4.15. The van der Waals surface area contributed by atoms with Crippen LogP contribution in [0.1, 0.15) is 22.6 Å². The molecule has 0 saturated carbocycles. The minimum absolute atomic E-state index is 0.0124. The molecule has 1 aliphatic rings. The van der Waals surface area contributed by atoms with Gasteiger partial charge in [0.15, 0.2) is 0 Å². The van der Waals surface area contributed by atoms with Crippen molar-refractivity contribution in [1.29, 1.82) is 0 Å².